The van der Waals surface area contributed by atoms with E-state index in [0.29, 0.717) is 18.0 Å². The summed E-state index contributed by atoms with van der Waals surface area (Å²) in [6.45, 7) is 3.43. The summed E-state index contributed by atoms with van der Waals surface area (Å²) >= 11 is 0. The molecule has 0 N–H and O–H groups in total. The minimum Gasteiger partial charge on any atom is -0.338 e. The summed E-state index contributed by atoms with van der Waals surface area (Å²) in [4.78, 5) is 18.0. The summed E-state index contributed by atoms with van der Waals surface area (Å²) in [5.74, 6) is 0.477. The summed E-state index contributed by atoms with van der Waals surface area (Å²) < 4.78 is 0. The van der Waals surface area contributed by atoms with Gasteiger partial charge < -0.3 is 4.90 Å². The van der Waals surface area contributed by atoms with Crippen LogP contribution in [0.1, 0.15) is 56.4 Å². The minimum atomic E-state index is 0.0948. The van der Waals surface area contributed by atoms with Crippen LogP contribution in [0.25, 0.3) is 0 Å². The average molecular weight is 312 g/mol. The molecule has 3 heteroatoms. The zero-order chi connectivity index (χ0) is 15.6. The first kappa shape index (κ1) is 15.2. The van der Waals surface area contributed by atoms with Crippen molar-refractivity contribution in [2.45, 2.75) is 62.9 Å². The Hall–Kier alpha value is -1.35. The van der Waals surface area contributed by atoms with Gasteiger partial charge in [0.2, 0.25) is 5.91 Å². The maximum atomic E-state index is 13.1. The molecule has 1 saturated carbocycles. The van der Waals surface area contributed by atoms with Gasteiger partial charge in [0.1, 0.15) is 0 Å². The quantitative estimate of drug-likeness (QED) is 0.854. The van der Waals surface area contributed by atoms with Crippen LogP contribution >= 0.6 is 0 Å². The van der Waals surface area contributed by atoms with Crippen LogP contribution in [0.5, 0.6) is 0 Å². The van der Waals surface area contributed by atoms with Gasteiger partial charge in [-0.25, -0.2) is 0 Å². The highest BCUT2D eigenvalue weighted by Gasteiger charge is 2.42. The lowest BCUT2D eigenvalue weighted by Crippen LogP contribution is -2.53. The van der Waals surface area contributed by atoms with Crippen molar-refractivity contribution in [3.05, 3.63) is 35.9 Å². The fraction of sp³-hybridized carbons (Fsp3) is 0.650. The third-order valence-corrected chi connectivity index (χ3v) is 6.15. The zero-order valence-electron chi connectivity index (χ0n) is 14.0. The number of likely N-dealkylation sites (tertiary alicyclic amines) is 2. The van der Waals surface area contributed by atoms with Crippen molar-refractivity contribution in [2.75, 3.05) is 19.6 Å². The van der Waals surface area contributed by atoms with Crippen molar-refractivity contribution in [2.24, 2.45) is 0 Å². The summed E-state index contributed by atoms with van der Waals surface area (Å²) in [5, 5.41) is 0. The first-order valence-electron chi connectivity index (χ1n) is 9.44. The maximum absolute atomic E-state index is 13.1. The topological polar surface area (TPSA) is 23.6 Å². The Bertz CT molecular complexity index is 538. The van der Waals surface area contributed by atoms with Gasteiger partial charge in [-0.1, -0.05) is 43.2 Å². The average Bonchev–Trinajstić information content (AvgIpc) is 3.25. The second-order valence-corrected chi connectivity index (χ2v) is 7.45. The van der Waals surface area contributed by atoms with E-state index in [1.54, 1.807) is 0 Å². The van der Waals surface area contributed by atoms with Crippen LogP contribution in [0, 0.1) is 0 Å². The van der Waals surface area contributed by atoms with Gasteiger partial charge in [-0.2, -0.15) is 0 Å². The number of rotatable bonds is 3. The van der Waals surface area contributed by atoms with Crippen LogP contribution in [0.2, 0.25) is 0 Å². The molecule has 2 saturated heterocycles. The van der Waals surface area contributed by atoms with Crippen LogP contribution in [0.4, 0.5) is 0 Å². The minimum absolute atomic E-state index is 0.0948. The lowest BCUT2D eigenvalue weighted by atomic mass is 9.88. The van der Waals surface area contributed by atoms with E-state index in [9.17, 15) is 4.79 Å². The molecule has 124 valence electrons. The van der Waals surface area contributed by atoms with Crippen molar-refractivity contribution in [1.82, 2.24) is 9.80 Å². The smallest absolute Gasteiger partial charge is 0.230 e. The van der Waals surface area contributed by atoms with E-state index in [1.807, 2.05) is 6.07 Å². The molecule has 0 unspecified atom stereocenters. The van der Waals surface area contributed by atoms with E-state index < -0.39 is 0 Å². The molecule has 0 bridgehead atoms. The second kappa shape index (κ2) is 6.64. The molecule has 23 heavy (non-hydrogen) atoms. The van der Waals surface area contributed by atoms with Crippen LogP contribution in [0.3, 0.4) is 0 Å². The highest BCUT2D eigenvalue weighted by molar-refractivity contribution is 5.86. The molecule has 1 aliphatic carbocycles. The number of nitrogens with zero attached hydrogens (tertiary/aromatic N) is 2. The predicted molar refractivity (Wildman–Crippen MR) is 92.4 cm³/mol. The molecule has 0 aromatic heterocycles. The Morgan fingerprint density at radius 1 is 0.783 bits per heavy atom. The van der Waals surface area contributed by atoms with E-state index >= 15 is 0 Å². The Morgan fingerprint density at radius 2 is 1.48 bits per heavy atom. The fourth-order valence-electron chi connectivity index (χ4n) is 4.98. The van der Waals surface area contributed by atoms with Gasteiger partial charge in [0, 0.05) is 18.6 Å². The van der Waals surface area contributed by atoms with Crippen LogP contribution in [0.15, 0.2) is 30.3 Å². The Morgan fingerprint density at radius 3 is 2.22 bits per heavy atom. The van der Waals surface area contributed by atoms with E-state index in [-0.39, 0.29) is 5.92 Å². The highest BCUT2D eigenvalue weighted by atomic mass is 16.2. The third kappa shape index (κ3) is 2.91. The number of hydrogen-bond donors (Lipinski definition) is 0. The van der Waals surface area contributed by atoms with E-state index in [1.165, 1.54) is 57.2 Å². The van der Waals surface area contributed by atoms with Gasteiger partial charge in [-0.15, -0.1) is 0 Å². The molecule has 4 rings (SSSR count). The van der Waals surface area contributed by atoms with Gasteiger partial charge in [-0.3, -0.25) is 9.69 Å². The monoisotopic (exact) mass is 312 g/mol. The molecule has 0 radical (unpaired) electrons. The van der Waals surface area contributed by atoms with Gasteiger partial charge in [0.05, 0.1) is 5.92 Å². The number of amides is 1. The van der Waals surface area contributed by atoms with Gasteiger partial charge in [0.25, 0.3) is 0 Å². The fourth-order valence-corrected chi connectivity index (χ4v) is 4.98. The lowest BCUT2D eigenvalue weighted by Gasteiger charge is -2.42. The Kier molecular flexibility index (Phi) is 4.39. The molecule has 3 atom stereocenters. The second-order valence-electron chi connectivity index (χ2n) is 7.45. The van der Waals surface area contributed by atoms with E-state index in [2.05, 4.69) is 34.1 Å². The number of hydrogen-bond acceptors (Lipinski definition) is 2. The largest absolute Gasteiger partial charge is 0.338 e. The summed E-state index contributed by atoms with van der Waals surface area (Å²) in [5.41, 5.74) is 1.20. The van der Waals surface area contributed by atoms with Gasteiger partial charge >= 0.3 is 0 Å². The molecule has 0 spiro atoms. The van der Waals surface area contributed by atoms with Crippen LogP contribution in [-0.4, -0.2) is 47.4 Å². The van der Waals surface area contributed by atoms with Crippen LogP contribution in [-0.2, 0) is 4.79 Å². The lowest BCUT2D eigenvalue weighted by molar-refractivity contribution is -0.133. The SMILES string of the molecule is O=C1[C@H](c2ccccc2)CCN1[C@H]1CCCC[C@@H]1N1CCCC1. The molecule has 1 aromatic carbocycles. The Balaban J connectivity index is 1.51. The van der Waals surface area contributed by atoms with Gasteiger partial charge in [-0.05, 0) is 50.8 Å². The highest BCUT2D eigenvalue weighted by Crippen LogP contribution is 2.36. The molecule has 1 amide bonds. The van der Waals surface area contributed by atoms with Crippen molar-refractivity contribution < 1.29 is 4.79 Å². The summed E-state index contributed by atoms with van der Waals surface area (Å²) in [6, 6.07) is 11.5. The summed E-state index contributed by atoms with van der Waals surface area (Å²) in [7, 11) is 0. The maximum Gasteiger partial charge on any atom is 0.230 e. The van der Waals surface area contributed by atoms with Crippen molar-refractivity contribution >= 4 is 5.91 Å². The molecule has 3 nitrogen and oxygen atoms in total. The number of carbonyl (C=O) groups excluding carboxylic acids is 1. The first-order valence-corrected chi connectivity index (χ1v) is 9.44. The van der Waals surface area contributed by atoms with E-state index in [4.69, 9.17) is 0 Å². The van der Waals surface area contributed by atoms with Crippen LogP contribution < -0.4 is 0 Å². The van der Waals surface area contributed by atoms with Gasteiger partial charge in [0.15, 0.2) is 0 Å². The standard InChI is InChI=1S/C20H28N2O/c23-20-17(16-8-2-1-3-9-16)12-15-22(20)19-11-5-4-10-18(19)21-13-6-7-14-21/h1-3,8-9,17-19H,4-7,10-15H2/t17-,18-,19-/m0/s1. The third-order valence-electron chi connectivity index (χ3n) is 6.15. The predicted octanol–water partition coefficient (Wildman–Crippen LogP) is 3.41. The molecule has 2 heterocycles. The van der Waals surface area contributed by atoms with Crippen molar-refractivity contribution in [3.8, 4) is 0 Å². The van der Waals surface area contributed by atoms with Crippen molar-refractivity contribution in [3.63, 3.8) is 0 Å². The molecular weight excluding hydrogens is 284 g/mol. The van der Waals surface area contributed by atoms with E-state index in [0.717, 1.165) is 13.0 Å². The molecule has 1 aromatic rings. The molecule has 3 fully saturated rings. The molecular formula is C20H28N2O. The number of carbonyl (C=O) groups is 1. The summed E-state index contributed by atoms with van der Waals surface area (Å²) in [6.07, 6.45) is 8.77. The normalized spacial score (nSPS) is 32.6. The zero-order valence-corrected chi connectivity index (χ0v) is 14.0. The Labute approximate surface area is 139 Å². The number of benzene rings is 1. The molecule has 2 aliphatic heterocycles. The first-order chi connectivity index (χ1) is 11.3. The van der Waals surface area contributed by atoms with Crippen molar-refractivity contribution in [1.29, 1.82) is 0 Å². The molecule has 3 aliphatic rings.